The molecule has 0 saturated carbocycles. The fourth-order valence-electron chi connectivity index (χ4n) is 2.40. The molecule has 0 aromatic heterocycles. The second-order valence-corrected chi connectivity index (χ2v) is 4.73. The van der Waals surface area contributed by atoms with Crippen LogP contribution in [0.4, 0.5) is 4.32 Å². The van der Waals surface area contributed by atoms with Crippen molar-refractivity contribution in [2.24, 2.45) is 0 Å². The topological polar surface area (TPSA) is 0 Å². The van der Waals surface area contributed by atoms with Crippen LogP contribution in [-0.2, 0) is 0 Å². The summed E-state index contributed by atoms with van der Waals surface area (Å²) in [6.45, 7) is -1.10. The molecule has 0 amide bonds. The molecule has 20 heavy (non-hydrogen) atoms. The quantitative estimate of drug-likeness (QED) is 0.633. The predicted octanol–water partition coefficient (Wildman–Crippen LogP) is 3.43. The number of rotatable bonds is 3. The first-order chi connectivity index (χ1) is 9.86. The normalized spacial score (nSPS) is 10.2. The standard InChI is InChI=1S/C18H14BF/c20-19(16-11-5-2-6-12-16)18-14-8-7-13-17(18)15-9-3-1-4-10-15/h1-14H. The van der Waals surface area contributed by atoms with Gasteiger partial charge in [-0.25, -0.2) is 0 Å². The van der Waals surface area contributed by atoms with Crippen molar-refractivity contribution < 1.29 is 4.32 Å². The average molecular weight is 260 g/mol. The van der Waals surface area contributed by atoms with E-state index < -0.39 is 6.99 Å². The largest absolute Gasteiger partial charge is 0.414 e. The van der Waals surface area contributed by atoms with Crippen LogP contribution in [0.2, 0.25) is 0 Å². The van der Waals surface area contributed by atoms with Crippen molar-refractivity contribution in [3.8, 4) is 11.1 Å². The van der Waals surface area contributed by atoms with Gasteiger partial charge in [-0.2, -0.15) is 0 Å². The lowest BCUT2D eigenvalue weighted by Gasteiger charge is -2.11. The lowest BCUT2D eigenvalue weighted by molar-refractivity contribution is 0.865. The van der Waals surface area contributed by atoms with Gasteiger partial charge < -0.3 is 4.32 Å². The smallest absolute Gasteiger partial charge is 0.322 e. The second-order valence-electron chi connectivity index (χ2n) is 4.73. The maximum Gasteiger partial charge on any atom is 0.414 e. The molecule has 0 spiro atoms. The number of halogens is 1. The summed E-state index contributed by atoms with van der Waals surface area (Å²) in [4.78, 5) is 0. The van der Waals surface area contributed by atoms with Gasteiger partial charge in [-0.15, -0.1) is 0 Å². The van der Waals surface area contributed by atoms with E-state index in [0.717, 1.165) is 11.1 Å². The third-order valence-corrected chi connectivity index (χ3v) is 3.41. The lowest BCUT2D eigenvalue weighted by Crippen LogP contribution is -2.39. The fraction of sp³-hybridized carbons (Fsp3) is 0. The van der Waals surface area contributed by atoms with Gasteiger partial charge in [0, 0.05) is 0 Å². The Bertz CT molecular complexity index is 680. The first kappa shape index (κ1) is 12.7. The Kier molecular flexibility index (Phi) is 3.64. The van der Waals surface area contributed by atoms with Crippen LogP contribution in [0, 0.1) is 0 Å². The molecule has 96 valence electrons. The van der Waals surface area contributed by atoms with Crippen LogP contribution in [0.15, 0.2) is 84.9 Å². The molecule has 2 heteroatoms. The van der Waals surface area contributed by atoms with Crippen molar-refractivity contribution in [2.75, 3.05) is 0 Å². The first-order valence-corrected chi connectivity index (χ1v) is 6.69. The Morgan fingerprint density at radius 3 is 1.85 bits per heavy atom. The van der Waals surface area contributed by atoms with Crippen molar-refractivity contribution in [1.29, 1.82) is 0 Å². The van der Waals surface area contributed by atoms with Crippen LogP contribution in [0.3, 0.4) is 0 Å². The van der Waals surface area contributed by atoms with E-state index in [1.54, 1.807) is 0 Å². The van der Waals surface area contributed by atoms with Gasteiger partial charge in [0.25, 0.3) is 0 Å². The number of hydrogen-bond acceptors (Lipinski definition) is 0. The van der Waals surface area contributed by atoms with E-state index in [2.05, 4.69) is 0 Å². The van der Waals surface area contributed by atoms with Crippen LogP contribution in [0.1, 0.15) is 0 Å². The summed E-state index contributed by atoms with van der Waals surface area (Å²) < 4.78 is 14.8. The van der Waals surface area contributed by atoms with Crippen LogP contribution in [0.25, 0.3) is 11.1 Å². The molecule has 0 atom stereocenters. The summed E-state index contributed by atoms with van der Waals surface area (Å²) in [6, 6.07) is 26.9. The summed E-state index contributed by atoms with van der Waals surface area (Å²) in [7, 11) is 0. The molecular formula is C18H14BF. The van der Waals surface area contributed by atoms with Gasteiger partial charge >= 0.3 is 6.99 Å². The Morgan fingerprint density at radius 1 is 0.600 bits per heavy atom. The SMILES string of the molecule is FB(c1ccccc1)c1ccccc1-c1ccccc1. The van der Waals surface area contributed by atoms with Crippen LogP contribution in [0.5, 0.6) is 0 Å². The van der Waals surface area contributed by atoms with Gasteiger partial charge in [0.2, 0.25) is 0 Å². The fourth-order valence-corrected chi connectivity index (χ4v) is 2.40. The molecule has 0 nitrogen and oxygen atoms in total. The van der Waals surface area contributed by atoms with Crippen molar-refractivity contribution >= 4 is 17.9 Å². The zero-order valence-electron chi connectivity index (χ0n) is 11.0. The van der Waals surface area contributed by atoms with E-state index in [4.69, 9.17) is 0 Å². The van der Waals surface area contributed by atoms with Crippen molar-refractivity contribution in [3.05, 3.63) is 84.9 Å². The molecule has 0 radical (unpaired) electrons. The summed E-state index contributed by atoms with van der Waals surface area (Å²) >= 11 is 0. The summed E-state index contributed by atoms with van der Waals surface area (Å²) in [5, 5.41) is 0. The highest BCUT2D eigenvalue weighted by Crippen LogP contribution is 2.17. The molecule has 0 aliphatic rings. The zero-order valence-corrected chi connectivity index (χ0v) is 11.0. The molecule has 0 N–H and O–H groups in total. The van der Waals surface area contributed by atoms with Crippen LogP contribution >= 0.6 is 0 Å². The monoisotopic (exact) mass is 260 g/mol. The van der Waals surface area contributed by atoms with E-state index in [9.17, 15) is 4.32 Å². The Labute approximate surface area is 119 Å². The van der Waals surface area contributed by atoms with E-state index >= 15 is 0 Å². The predicted molar refractivity (Wildman–Crippen MR) is 84.5 cm³/mol. The Hall–Kier alpha value is -2.35. The Balaban J connectivity index is 2.07. The minimum atomic E-state index is -1.10. The highest BCUT2D eigenvalue weighted by Gasteiger charge is 2.22. The molecule has 0 aliphatic carbocycles. The highest BCUT2D eigenvalue weighted by atomic mass is 19.1. The molecule has 0 saturated heterocycles. The molecular weight excluding hydrogens is 246 g/mol. The summed E-state index contributed by atoms with van der Waals surface area (Å²) in [5.74, 6) is 0. The van der Waals surface area contributed by atoms with E-state index in [-0.39, 0.29) is 0 Å². The molecule has 0 fully saturated rings. The van der Waals surface area contributed by atoms with Crippen molar-refractivity contribution in [3.63, 3.8) is 0 Å². The van der Waals surface area contributed by atoms with Crippen LogP contribution in [-0.4, -0.2) is 6.99 Å². The summed E-state index contributed by atoms with van der Waals surface area (Å²) in [5.41, 5.74) is 3.40. The second kappa shape index (κ2) is 5.75. The number of benzene rings is 3. The molecule has 3 rings (SSSR count). The van der Waals surface area contributed by atoms with Gasteiger partial charge in [-0.1, -0.05) is 84.9 Å². The molecule has 0 aliphatic heterocycles. The van der Waals surface area contributed by atoms with Gasteiger partial charge in [0.05, 0.1) is 0 Å². The molecule has 0 heterocycles. The third kappa shape index (κ3) is 2.50. The summed E-state index contributed by atoms with van der Waals surface area (Å²) in [6.07, 6.45) is 0. The van der Waals surface area contributed by atoms with E-state index in [1.165, 1.54) is 0 Å². The average Bonchev–Trinajstić information content (AvgIpc) is 2.56. The van der Waals surface area contributed by atoms with Gasteiger partial charge in [-0.05, 0) is 22.1 Å². The molecule has 3 aromatic carbocycles. The zero-order chi connectivity index (χ0) is 13.8. The Morgan fingerprint density at radius 2 is 1.15 bits per heavy atom. The lowest BCUT2D eigenvalue weighted by atomic mass is 9.57. The number of hydrogen-bond donors (Lipinski definition) is 0. The maximum absolute atomic E-state index is 14.8. The highest BCUT2D eigenvalue weighted by molar-refractivity contribution is 6.80. The maximum atomic E-state index is 14.8. The van der Waals surface area contributed by atoms with Crippen molar-refractivity contribution in [1.82, 2.24) is 0 Å². The van der Waals surface area contributed by atoms with Crippen LogP contribution < -0.4 is 10.9 Å². The van der Waals surface area contributed by atoms with E-state index in [1.807, 2.05) is 84.9 Å². The minimum absolute atomic E-state index is 0.691. The molecule has 0 unspecified atom stereocenters. The molecule has 0 bridgehead atoms. The van der Waals surface area contributed by atoms with Crippen molar-refractivity contribution in [2.45, 2.75) is 0 Å². The first-order valence-electron chi connectivity index (χ1n) is 6.69. The minimum Gasteiger partial charge on any atom is -0.322 e. The van der Waals surface area contributed by atoms with Gasteiger partial charge in [0.1, 0.15) is 0 Å². The van der Waals surface area contributed by atoms with Gasteiger partial charge in [-0.3, -0.25) is 0 Å². The third-order valence-electron chi connectivity index (χ3n) is 3.41. The van der Waals surface area contributed by atoms with E-state index in [0.29, 0.717) is 10.9 Å². The van der Waals surface area contributed by atoms with Gasteiger partial charge in [0.15, 0.2) is 0 Å². The molecule has 3 aromatic rings.